The Labute approximate surface area is 236 Å². The van der Waals surface area contributed by atoms with Crippen LogP contribution in [0.4, 0.5) is 10.5 Å². The van der Waals surface area contributed by atoms with E-state index in [1.54, 1.807) is 12.1 Å². The van der Waals surface area contributed by atoms with E-state index >= 15 is 0 Å². The highest BCUT2D eigenvalue weighted by Gasteiger charge is 2.37. The largest absolute Gasteiger partial charge is 0.497 e. The second kappa shape index (κ2) is 11.0. The average molecular weight is 669 g/mol. The maximum atomic E-state index is 13.2. The third-order valence-electron chi connectivity index (χ3n) is 5.29. The number of carbonyl (C=O) groups excluding carboxylic acids is 3. The van der Waals surface area contributed by atoms with Crippen molar-refractivity contribution in [3.8, 4) is 17.2 Å². The maximum absolute atomic E-state index is 13.2. The lowest BCUT2D eigenvalue weighted by Gasteiger charge is -2.26. The van der Waals surface area contributed by atoms with E-state index in [9.17, 15) is 22.8 Å². The van der Waals surface area contributed by atoms with E-state index in [0.29, 0.717) is 19.9 Å². The first-order valence-electron chi connectivity index (χ1n) is 10.7. The summed E-state index contributed by atoms with van der Waals surface area (Å²) >= 11 is 7.68. The molecule has 38 heavy (non-hydrogen) atoms. The topological polar surface area (TPSA) is 128 Å². The smallest absolute Gasteiger partial charge is 0.339 e. The standard InChI is InChI=1S/C25H18ClIN2O8S/c1-35-17-7-5-16(6-8-17)29-24(31)19(23(30)28-25(29)32)11-14-12-20(27)22(21(13-14)36-2)37-38(33,34)18-9-3-15(26)4-10-18/h3-13H,1-2H3,(H,28,30,32)/b19-11+. The van der Waals surface area contributed by atoms with Gasteiger partial charge in [-0.25, -0.2) is 9.69 Å². The minimum absolute atomic E-state index is 0.0352. The molecule has 1 heterocycles. The number of anilines is 1. The molecule has 0 aromatic heterocycles. The Bertz CT molecular complexity index is 1570. The highest BCUT2D eigenvalue weighted by atomic mass is 127. The van der Waals surface area contributed by atoms with E-state index in [0.717, 1.165) is 4.90 Å². The fourth-order valence-electron chi connectivity index (χ4n) is 3.45. The van der Waals surface area contributed by atoms with Crippen LogP contribution >= 0.6 is 34.2 Å². The summed E-state index contributed by atoms with van der Waals surface area (Å²) in [7, 11) is -1.43. The summed E-state index contributed by atoms with van der Waals surface area (Å²) in [5, 5.41) is 2.51. The Morgan fingerprint density at radius 2 is 1.61 bits per heavy atom. The van der Waals surface area contributed by atoms with Crippen molar-refractivity contribution < 1.29 is 36.5 Å². The molecule has 1 N–H and O–H groups in total. The lowest BCUT2D eigenvalue weighted by atomic mass is 10.1. The molecule has 0 unspecified atom stereocenters. The van der Waals surface area contributed by atoms with Crippen LogP contribution in [-0.4, -0.2) is 40.5 Å². The van der Waals surface area contributed by atoms with Crippen LogP contribution in [0, 0.1) is 3.57 Å². The van der Waals surface area contributed by atoms with Crippen LogP contribution in [0.2, 0.25) is 5.02 Å². The number of rotatable bonds is 7. The molecule has 3 aromatic carbocycles. The number of hydrogen-bond donors (Lipinski definition) is 1. The van der Waals surface area contributed by atoms with Gasteiger partial charge in [-0.15, -0.1) is 0 Å². The summed E-state index contributed by atoms with van der Waals surface area (Å²) in [4.78, 5) is 38.9. The minimum Gasteiger partial charge on any atom is -0.497 e. The molecule has 4 amide bonds. The molecule has 0 aliphatic carbocycles. The maximum Gasteiger partial charge on any atom is 0.339 e. The van der Waals surface area contributed by atoms with Gasteiger partial charge in [-0.3, -0.25) is 14.9 Å². The van der Waals surface area contributed by atoms with Crippen LogP contribution in [-0.2, 0) is 19.7 Å². The van der Waals surface area contributed by atoms with Crippen molar-refractivity contribution in [1.82, 2.24) is 5.32 Å². The SMILES string of the molecule is COc1ccc(N2C(=O)NC(=O)/C(=C\c3cc(I)c(OS(=O)(=O)c4ccc(Cl)cc4)c(OC)c3)C2=O)cc1. The zero-order valence-electron chi connectivity index (χ0n) is 19.7. The summed E-state index contributed by atoms with van der Waals surface area (Å²) in [6.07, 6.45) is 1.27. The Morgan fingerprint density at radius 1 is 0.947 bits per heavy atom. The van der Waals surface area contributed by atoms with E-state index in [1.807, 2.05) is 22.6 Å². The van der Waals surface area contributed by atoms with Crippen LogP contribution in [0.1, 0.15) is 5.56 Å². The van der Waals surface area contributed by atoms with Gasteiger partial charge in [0.25, 0.3) is 11.8 Å². The van der Waals surface area contributed by atoms with Gasteiger partial charge in [0.2, 0.25) is 0 Å². The number of methoxy groups -OCH3 is 2. The predicted octanol–water partition coefficient (Wildman–Crippen LogP) is 4.40. The predicted molar refractivity (Wildman–Crippen MR) is 147 cm³/mol. The molecule has 0 bridgehead atoms. The number of hydrogen-bond acceptors (Lipinski definition) is 8. The van der Waals surface area contributed by atoms with Crippen LogP contribution in [0.15, 0.2) is 71.1 Å². The zero-order valence-corrected chi connectivity index (χ0v) is 23.5. The van der Waals surface area contributed by atoms with Crippen molar-refractivity contribution in [3.63, 3.8) is 0 Å². The van der Waals surface area contributed by atoms with Gasteiger partial charge in [0.1, 0.15) is 16.2 Å². The van der Waals surface area contributed by atoms with Crippen LogP contribution < -0.4 is 23.9 Å². The molecule has 1 aliphatic heterocycles. The second-order valence-corrected chi connectivity index (χ2v) is 10.8. The lowest BCUT2D eigenvalue weighted by molar-refractivity contribution is -0.122. The first-order valence-corrected chi connectivity index (χ1v) is 13.5. The van der Waals surface area contributed by atoms with Gasteiger partial charge < -0.3 is 13.7 Å². The molecule has 1 saturated heterocycles. The number of benzene rings is 3. The Morgan fingerprint density at radius 3 is 2.21 bits per heavy atom. The second-order valence-electron chi connectivity index (χ2n) is 7.68. The molecule has 1 fully saturated rings. The highest BCUT2D eigenvalue weighted by molar-refractivity contribution is 14.1. The summed E-state index contributed by atoms with van der Waals surface area (Å²) in [5.41, 5.74) is 0.237. The van der Waals surface area contributed by atoms with Crippen LogP contribution in [0.25, 0.3) is 6.08 Å². The number of urea groups is 1. The van der Waals surface area contributed by atoms with Gasteiger partial charge in [-0.2, -0.15) is 8.42 Å². The molecule has 1 aliphatic rings. The number of amides is 4. The molecular weight excluding hydrogens is 651 g/mol. The molecule has 4 rings (SSSR count). The fourth-order valence-corrected chi connectivity index (χ4v) is 5.42. The zero-order chi connectivity index (χ0) is 27.6. The quantitative estimate of drug-likeness (QED) is 0.170. The lowest BCUT2D eigenvalue weighted by Crippen LogP contribution is -2.54. The Balaban J connectivity index is 1.68. The summed E-state index contributed by atoms with van der Waals surface area (Å²) in [5.74, 6) is -1.26. The van der Waals surface area contributed by atoms with Gasteiger partial charge in [0, 0.05) is 5.02 Å². The molecule has 0 saturated carbocycles. The van der Waals surface area contributed by atoms with Crippen molar-refractivity contribution in [3.05, 3.63) is 80.4 Å². The molecule has 0 spiro atoms. The van der Waals surface area contributed by atoms with Crippen molar-refractivity contribution in [1.29, 1.82) is 0 Å². The van der Waals surface area contributed by atoms with E-state index in [1.165, 1.54) is 68.8 Å². The molecule has 0 atom stereocenters. The van der Waals surface area contributed by atoms with Crippen molar-refractivity contribution >= 4 is 73.9 Å². The van der Waals surface area contributed by atoms with Gasteiger partial charge in [0.05, 0.1) is 23.5 Å². The summed E-state index contributed by atoms with van der Waals surface area (Å²) in [6, 6.07) is 13.6. The van der Waals surface area contributed by atoms with Gasteiger partial charge in [-0.05, 0) is 94.9 Å². The monoisotopic (exact) mass is 668 g/mol. The number of carbonyl (C=O) groups is 3. The molecule has 196 valence electrons. The number of nitrogens with zero attached hydrogens (tertiary/aromatic N) is 1. The molecule has 0 radical (unpaired) electrons. The van der Waals surface area contributed by atoms with Crippen molar-refractivity contribution in [2.24, 2.45) is 0 Å². The Kier molecular flexibility index (Phi) is 7.94. The minimum atomic E-state index is -4.22. The fraction of sp³-hybridized carbons (Fsp3) is 0.0800. The molecular formula is C25H18ClIN2O8S. The third kappa shape index (κ3) is 5.61. The molecule has 13 heteroatoms. The van der Waals surface area contributed by atoms with E-state index in [-0.39, 0.29) is 27.7 Å². The van der Waals surface area contributed by atoms with E-state index < -0.39 is 28.0 Å². The molecule has 10 nitrogen and oxygen atoms in total. The summed E-state index contributed by atoms with van der Waals surface area (Å²) < 4.78 is 41.7. The van der Waals surface area contributed by atoms with Crippen molar-refractivity contribution in [2.45, 2.75) is 4.90 Å². The van der Waals surface area contributed by atoms with Crippen LogP contribution in [0.5, 0.6) is 17.2 Å². The normalized spacial score (nSPS) is 14.9. The van der Waals surface area contributed by atoms with Crippen LogP contribution in [0.3, 0.4) is 0 Å². The van der Waals surface area contributed by atoms with Gasteiger partial charge in [-0.1, -0.05) is 11.6 Å². The van der Waals surface area contributed by atoms with E-state index in [2.05, 4.69) is 5.32 Å². The first kappa shape index (κ1) is 27.4. The number of ether oxygens (including phenoxy) is 2. The number of imide groups is 2. The summed E-state index contributed by atoms with van der Waals surface area (Å²) in [6.45, 7) is 0. The highest BCUT2D eigenvalue weighted by Crippen LogP contribution is 2.37. The average Bonchev–Trinajstić information content (AvgIpc) is 2.88. The third-order valence-corrected chi connectivity index (χ3v) is 7.58. The van der Waals surface area contributed by atoms with Gasteiger partial charge >= 0.3 is 16.1 Å². The van der Waals surface area contributed by atoms with E-state index in [4.69, 9.17) is 25.3 Å². The number of nitrogens with one attached hydrogen (secondary N) is 1. The number of barbiturate groups is 1. The van der Waals surface area contributed by atoms with Crippen molar-refractivity contribution in [2.75, 3.05) is 19.1 Å². The first-order chi connectivity index (χ1) is 18.0. The molecule has 3 aromatic rings. The number of halogens is 2. The Hall–Kier alpha value is -3.62. The van der Waals surface area contributed by atoms with Gasteiger partial charge in [0.15, 0.2) is 11.5 Å².